The summed E-state index contributed by atoms with van der Waals surface area (Å²) in [5, 5.41) is 1.56. The first kappa shape index (κ1) is 11.2. The van der Waals surface area contributed by atoms with Crippen molar-refractivity contribution in [3.05, 3.63) is 0 Å². The molecule has 1 rings (SSSR count). The van der Waals surface area contributed by atoms with Crippen LogP contribution in [-0.4, -0.2) is 29.8 Å². The average Bonchev–Trinajstić information content (AvgIpc) is 2.43. The number of amides is 1. The number of nitrogens with zero attached hydrogens (tertiary/aromatic N) is 1. The zero-order valence-electron chi connectivity index (χ0n) is 9.04. The molecule has 4 nitrogen and oxygen atoms in total. The summed E-state index contributed by atoms with van der Waals surface area (Å²) in [6, 6.07) is 0.182. The summed E-state index contributed by atoms with van der Waals surface area (Å²) in [7, 11) is 0. The molecule has 1 unspecified atom stereocenters. The van der Waals surface area contributed by atoms with Crippen LogP contribution in [0.2, 0.25) is 0 Å². The van der Waals surface area contributed by atoms with E-state index in [9.17, 15) is 9.59 Å². The van der Waals surface area contributed by atoms with Crippen LogP contribution in [0.5, 0.6) is 0 Å². The van der Waals surface area contributed by atoms with Crippen molar-refractivity contribution < 1.29 is 9.59 Å². The van der Waals surface area contributed by atoms with Gasteiger partial charge in [0.1, 0.15) is 6.29 Å². The second-order valence-corrected chi connectivity index (χ2v) is 4.75. The van der Waals surface area contributed by atoms with Crippen molar-refractivity contribution in [2.75, 3.05) is 6.54 Å². The molecule has 0 aromatic rings. The lowest BCUT2D eigenvalue weighted by molar-refractivity contribution is -0.129. The van der Waals surface area contributed by atoms with Gasteiger partial charge in [-0.15, -0.1) is 0 Å². The van der Waals surface area contributed by atoms with E-state index in [4.69, 9.17) is 0 Å². The third-order valence-corrected chi connectivity index (χ3v) is 2.51. The van der Waals surface area contributed by atoms with E-state index < -0.39 is 0 Å². The van der Waals surface area contributed by atoms with Crippen LogP contribution in [0.3, 0.4) is 0 Å². The van der Waals surface area contributed by atoms with Crippen molar-refractivity contribution in [2.45, 2.75) is 39.7 Å². The number of nitrogens with one attached hydrogen (secondary N) is 1. The van der Waals surface area contributed by atoms with Gasteiger partial charge in [0.25, 0.3) is 0 Å². The molecule has 0 aliphatic carbocycles. The molecule has 1 amide bonds. The zero-order chi connectivity index (χ0) is 10.8. The minimum Gasteiger partial charge on any atom is -0.303 e. The molecule has 0 aromatic heterocycles. The number of rotatable bonds is 3. The molecule has 14 heavy (non-hydrogen) atoms. The van der Waals surface area contributed by atoms with Gasteiger partial charge in [0.05, 0.1) is 0 Å². The third-order valence-electron chi connectivity index (χ3n) is 2.51. The summed E-state index contributed by atoms with van der Waals surface area (Å²) in [4.78, 5) is 21.7. The molecule has 1 fully saturated rings. The maximum absolute atomic E-state index is 11.5. The van der Waals surface area contributed by atoms with Gasteiger partial charge in [0.2, 0.25) is 5.91 Å². The number of hydrazine groups is 1. The van der Waals surface area contributed by atoms with E-state index >= 15 is 0 Å². The van der Waals surface area contributed by atoms with Gasteiger partial charge in [-0.1, -0.05) is 20.8 Å². The summed E-state index contributed by atoms with van der Waals surface area (Å²) < 4.78 is 0. The van der Waals surface area contributed by atoms with E-state index in [1.54, 1.807) is 5.01 Å². The van der Waals surface area contributed by atoms with Crippen LogP contribution in [0.15, 0.2) is 0 Å². The Morgan fingerprint density at radius 2 is 2.21 bits per heavy atom. The highest BCUT2D eigenvalue weighted by Crippen LogP contribution is 2.26. The molecule has 1 heterocycles. The Hall–Kier alpha value is -0.900. The lowest BCUT2D eigenvalue weighted by Gasteiger charge is -2.27. The fourth-order valence-corrected chi connectivity index (χ4v) is 1.46. The monoisotopic (exact) mass is 198 g/mol. The van der Waals surface area contributed by atoms with Crippen LogP contribution >= 0.6 is 0 Å². The molecule has 0 bridgehead atoms. The highest BCUT2D eigenvalue weighted by molar-refractivity contribution is 5.78. The Morgan fingerprint density at radius 3 is 2.64 bits per heavy atom. The van der Waals surface area contributed by atoms with Crippen molar-refractivity contribution in [2.24, 2.45) is 5.41 Å². The van der Waals surface area contributed by atoms with Crippen LogP contribution in [0.1, 0.15) is 33.6 Å². The van der Waals surface area contributed by atoms with Crippen LogP contribution < -0.4 is 5.43 Å². The van der Waals surface area contributed by atoms with Gasteiger partial charge in [-0.2, -0.15) is 0 Å². The second-order valence-electron chi connectivity index (χ2n) is 4.75. The molecule has 1 N–H and O–H groups in total. The van der Waals surface area contributed by atoms with Crippen LogP contribution in [0.25, 0.3) is 0 Å². The van der Waals surface area contributed by atoms with E-state index in [0.29, 0.717) is 19.4 Å². The highest BCUT2D eigenvalue weighted by atomic mass is 16.2. The highest BCUT2D eigenvalue weighted by Gasteiger charge is 2.35. The molecule has 0 aromatic carbocycles. The van der Waals surface area contributed by atoms with Gasteiger partial charge in [-0.05, 0) is 5.41 Å². The Balaban J connectivity index is 2.51. The van der Waals surface area contributed by atoms with Crippen LogP contribution in [0, 0.1) is 5.41 Å². The predicted octanol–water partition coefficient (Wildman–Crippen LogP) is 0.727. The molecular weight excluding hydrogens is 180 g/mol. The predicted molar refractivity (Wildman–Crippen MR) is 53.4 cm³/mol. The first-order valence-electron chi connectivity index (χ1n) is 4.95. The van der Waals surface area contributed by atoms with Gasteiger partial charge in [-0.25, -0.2) is 5.43 Å². The Labute approximate surface area is 84.6 Å². The van der Waals surface area contributed by atoms with Crippen molar-refractivity contribution in [3.63, 3.8) is 0 Å². The maximum Gasteiger partial charge on any atom is 0.238 e. The first-order valence-corrected chi connectivity index (χ1v) is 4.95. The van der Waals surface area contributed by atoms with Crippen molar-refractivity contribution in [1.29, 1.82) is 0 Å². The molecule has 0 radical (unpaired) electrons. The standard InChI is InChI=1S/C10H18N2O2/c1-10(2,3)8-7-9(14)12(11-8)5-4-6-13/h6,8,11H,4-5,7H2,1-3H3. The van der Waals surface area contributed by atoms with E-state index in [0.717, 1.165) is 6.29 Å². The SMILES string of the molecule is CC(C)(C)C1CC(=O)N(CCC=O)N1. The van der Waals surface area contributed by atoms with Gasteiger partial charge >= 0.3 is 0 Å². The number of aldehydes is 1. The van der Waals surface area contributed by atoms with Crippen molar-refractivity contribution in [3.8, 4) is 0 Å². The summed E-state index contributed by atoms with van der Waals surface area (Å²) in [5.74, 6) is 0.0896. The molecule has 1 saturated heterocycles. The summed E-state index contributed by atoms with van der Waals surface area (Å²) in [6.45, 7) is 6.78. The summed E-state index contributed by atoms with van der Waals surface area (Å²) in [6.07, 6.45) is 1.76. The quantitative estimate of drug-likeness (QED) is 0.680. The first-order chi connectivity index (χ1) is 6.45. The van der Waals surface area contributed by atoms with Gasteiger partial charge in [0, 0.05) is 25.4 Å². The maximum atomic E-state index is 11.5. The Kier molecular flexibility index (Phi) is 3.26. The molecule has 0 spiro atoms. The summed E-state index contributed by atoms with van der Waals surface area (Å²) in [5.41, 5.74) is 3.22. The minimum absolute atomic E-state index is 0.0750. The number of carbonyl (C=O) groups excluding carboxylic acids is 2. The molecule has 1 atom stereocenters. The third kappa shape index (κ3) is 2.54. The smallest absolute Gasteiger partial charge is 0.238 e. The van der Waals surface area contributed by atoms with Crippen molar-refractivity contribution in [1.82, 2.24) is 10.4 Å². The largest absolute Gasteiger partial charge is 0.303 e. The summed E-state index contributed by atoms with van der Waals surface area (Å²) >= 11 is 0. The number of hydrogen-bond acceptors (Lipinski definition) is 3. The van der Waals surface area contributed by atoms with Crippen LogP contribution in [-0.2, 0) is 9.59 Å². The topological polar surface area (TPSA) is 49.4 Å². The minimum atomic E-state index is 0.0750. The van der Waals surface area contributed by atoms with Gasteiger partial charge < -0.3 is 4.79 Å². The normalized spacial score (nSPS) is 22.9. The molecular formula is C10H18N2O2. The zero-order valence-corrected chi connectivity index (χ0v) is 9.04. The number of hydrogen-bond donors (Lipinski definition) is 1. The lowest BCUT2D eigenvalue weighted by atomic mass is 9.86. The molecule has 1 aliphatic rings. The Bertz CT molecular complexity index is 233. The second kappa shape index (κ2) is 4.09. The molecule has 80 valence electrons. The fourth-order valence-electron chi connectivity index (χ4n) is 1.46. The fraction of sp³-hybridized carbons (Fsp3) is 0.800. The van der Waals surface area contributed by atoms with Gasteiger partial charge in [0.15, 0.2) is 0 Å². The van der Waals surface area contributed by atoms with E-state index in [-0.39, 0.29) is 17.4 Å². The molecule has 4 heteroatoms. The number of carbonyl (C=O) groups is 2. The van der Waals surface area contributed by atoms with Crippen LogP contribution in [0.4, 0.5) is 0 Å². The van der Waals surface area contributed by atoms with E-state index in [1.807, 2.05) is 0 Å². The van der Waals surface area contributed by atoms with Gasteiger partial charge in [-0.3, -0.25) is 9.80 Å². The molecule has 0 saturated carbocycles. The Morgan fingerprint density at radius 1 is 1.57 bits per heavy atom. The van der Waals surface area contributed by atoms with E-state index in [2.05, 4.69) is 26.2 Å². The van der Waals surface area contributed by atoms with Crippen molar-refractivity contribution >= 4 is 12.2 Å². The van der Waals surface area contributed by atoms with E-state index in [1.165, 1.54) is 0 Å². The lowest BCUT2D eigenvalue weighted by Crippen LogP contribution is -2.43. The average molecular weight is 198 g/mol. The molecule has 1 aliphatic heterocycles.